The van der Waals surface area contributed by atoms with Gasteiger partial charge < -0.3 is 4.74 Å². The average Bonchev–Trinajstić information content (AvgIpc) is 2.85. The lowest BCUT2D eigenvalue weighted by Crippen LogP contribution is -2.41. The fourth-order valence-corrected chi connectivity index (χ4v) is 5.08. The Hall–Kier alpha value is -4.84. The molecular formula is C28H13NO5. The monoisotopic (exact) mass is 443 g/mol. The normalized spacial score (nSPS) is 14.9. The van der Waals surface area contributed by atoms with Gasteiger partial charge in [-0.25, -0.2) is 14.5 Å². The summed E-state index contributed by atoms with van der Waals surface area (Å²) >= 11 is 0. The molecule has 0 aromatic heterocycles. The molecule has 0 spiro atoms. The Morgan fingerprint density at radius 3 is 1.71 bits per heavy atom. The van der Waals surface area contributed by atoms with Crippen molar-refractivity contribution in [1.82, 2.24) is 0 Å². The number of anilines is 1. The SMILES string of the molecule is O=C1OC(=O)c2ccc3c4c(ccc1c24)C(=O)N(c1cccc2cc4ccccc4cc12)C3=O. The minimum absolute atomic E-state index is 0.167. The van der Waals surface area contributed by atoms with E-state index in [-0.39, 0.29) is 22.3 Å². The van der Waals surface area contributed by atoms with Gasteiger partial charge in [0.05, 0.1) is 16.8 Å². The molecule has 0 N–H and O–H groups in total. The van der Waals surface area contributed by atoms with E-state index in [9.17, 15) is 19.2 Å². The summed E-state index contributed by atoms with van der Waals surface area (Å²) in [5.41, 5.74) is 1.33. The van der Waals surface area contributed by atoms with E-state index in [0.29, 0.717) is 16.5 Å². The highest BCUT2D eigenvalue weighted by atomic mass is 16.6. The lowest BCUT2D eigenvalue weighted by molar-refractivity contribution is 0.0390. The second-order valence-corrected chi connectivity index (χ2v) is 8.39. The van der Waals surface area contributed by atoms with Crippen LogP contribution in [-0.4, -0.2) is 23.8 Å². The molecule has 2 amide bonds. The molecule has 5 aromatic carbocycles. The Labute approximate surface area is 192 Å². The summed E-state index contributed by atoms with van der Waals surface area (Å²) in [5.74, 6) is -2.59. The fourth-order valence-electron chi connectivity index (χ4n) is 5.08. The number of rotatable bonds is 1. The van der Waals surface area contributed by atoms with Gasteiger partial charge in [0.1, 0.15) is 0 Å². The Kier molecular flexibility index (Phi) is 3.50. The molecule has 0 saturated carbocycles. The number of carbonyl (C=O) groups excluding carboxylic acids is 4. The Morgan fingerprint density at radius 1 is 0.529 bits per heavy atom. The van der Waals surface area contributed by atoms with Crippen LogP contribution in [0.3, 0.4) is 0 Å². The molecular weight excluding hydrogens is 430 g/mol. The molecule has 0 bridgehead atoms. The number of nitrogens with zero attached hydrogens (tertiary/aromatic N) is 1. The number of ether oxygens (including phenoxy) is 1. The first-order chi connectivity index (χ1) is 16.5. The number of cyclic esters (lactones) is 2. The van der Waals surface area contributed by atoms with Crippen LogP contribution < -0.4 is 4.90 Å². The summed E-state index contributed by atoms with van der Waals surface area (Å²) in [7, 11) is 0. The molecule has 34 heavy (non-hydrogen) atoms. The van der Waals surface area contributed by atoms with Gasteiger partial charge in [0.15, 0.2) is 0 Å². The third-order valence-electron chi connectivity index (χ3n) is 6.62. The maximum absolute atomic E-state index is 13.7. The minimum Gasteiger partial charge on any atom is -0.386 e. The van der Waals surface area contributed by atoms with E-state index < -0.39 is 23.8 Å². The van der Waals surface area contributed by atoms with Crippen LogP contribution in [0.1, 0.15) is 41.4 Å². The van der Waals surface area contributed by atoms with Crippen molar-refractivity contribution in [2.45, 2.75) is 0 Å². The van der Waals surface area contributed by atoms with Crippen LogP contribution in [0.5, 0.6) is 0 Å². The van der Waals surface area contributed by atoms with Gasteiger partial charge in [-0.2, -0.15) is 0 Å². The van der Waals surface area contributed by atoms with Gasteiger partial charge in [-0.05, 0) is 58.6 Å². The molecule has 6 heteroatoms. The average molecular weight is 443 g/mol. The molecule has 0 radical (unpaired) electrons. The van der Waals surface area contributed by atoms with Crippen molar-refractivity contribution in [2.75, 3.05) is 4.90 Å². The van der Waals surface area contributed by atoms with Gasteiger partial charge in [0.2, 0.25) is 0 Å². The van der Waals surface area contributed by atoms with Gasteiger partial charge in [-0.15, -0.1) is 0 Å². The van der Waals surface area contributed by atoms with Gasteiger partial charge in [-0.1, -0.05) is 36.4 Å². The molecule has 0 saturated heterocycles. The molecule has 0 atom stereocenters. The molecule has 2 aliphatic heterocycles. The summed E-state index contributed by atoms with van der Waals surface area (Å²) in [6.45, 7) is 0. The molecule has 0 fully saturated rings. The molecule has 2 aliphatic rings. The van der Waals surface area contributed by atoms with E-state index in [4.69, 9.17) is 4.74 Å². The Balaban J connectivity index is 1.51. The Bertz CT molecular complexity index is 1750. The standard InChI is InChI=1S/C28H13NO5/c30-25-17-8-10-19-24-20(28(33)34-27(19)32)11-9-18(23(17)24)26(31)29(25)22-7-3-6-16-12-14-4-1-2-5-15(14)13-21(16)22/h1-13H. The highest BCUT2D eigenvalue weighted by molar-refractivity contribution is 6.39. The molecule has 5 aromatic rings. The van der Waals surface area contributed by atoms with Crippen molar-refractivity contribution in [3.05, 3.63) is 101 Å². The van der Waals surface area contributed by atoms with Crippen molar-refractivity contribution in [2.24, 2.45) is 0 Å². The molecule has 0 unspecified atom stereocenters. The van der Waals surface area contributed by atoms with E-state index in [1.54, 1.807) is 6.07 Å². The van der Waals surface area contributed by atoms with Crippen LogP contribution >= 0.6 is 0 Å². The topological polar surface area (TPSA) is 80.8 Å². The molecule has 0 aliphatic carbocycles. The number of amides is 2. The number of hydrogen-bond donors (Lipinski definition) is 0. The lowest BCUT2D eigenvalue weighted by atomic mass is 9.87. The zero-order valence-electron chi connectivity index (χ0n) is 17.5. The second-order valence-electron chi connectivity index (χ2n) is 8.39. The highest BCUT2D eigenvalue weighted by Gasteiger charge is 2.39. The third-order valence-corrected chi connectivity index (χ3v) is 6.62. The highest BCUT2D eigenvalue weighted by Crippen LogP contribution is 2.40. The first kappa shape index (κ1) is 18.7. The van der Waals surface area contributed by atoms with E-state index in [0.717, 1.165) is 21.5 Å². The van der Waals surface area contributed by atoms with Crippen molar-refractivity contribution in [3.63, 3.8) is 0 Å². The first-order valence-electron chi connectivity index (χ1n) is 10.7. The molecule has 160 valence electrons. The Morgan fingerprint density at radius 2 is 1.06 bits per heavy atom. The molecule has 2 heterocycles. The summed E-state index contributed by atoms with van der Waals surface area (Å²) in [6.07, 6.45) is 0. The van der Waals surface area contributed by atoms with Crippen LogP contribution in [-0.2, 0) is 4.74 Å². The van der Waals surface area contributed by atoms with Crippen LogP contribution in [0, 0.1) is 0 Å². The summed E-state index contributed by atoms with van der Waals surface area (Å²) in [6, 6.07) is 23.4. The smallest absolute Gasteiger partial charge is 0.346 e. The van der Waals surface area contributed by atoms with Crippen LogP contribution in [0.2, 0.25) is 0 Å². The summed E-state index contributed by atoms with van der Waals surface area (Å²) in [4.78, 5) is 53.2. The van der Waals surface area contributed by atoms with Gasteiger partial charge in [0, 0.05) is 27.3 Å². The van der Waals surface area contributed by atoms with E-state index in [1.165, 1.54) is 29.2 Å². The molecule has 7 rings (SSSR count). The maximum atomic E-state index is 13.7. The molecule has 6 nitrogen and oxygen atoms in total. The van der Waals surface area contributed by atoms with E-state index in [1.807, 2.05) is 48.5 Å². The number of hydrogen-bond acceptors (Lipinski definition) is 5. The van der Waals surface area contributed by atoms with E-state index in [2.05, 4.69) is 0 Å². The third kappa shape index (κ3) is 2.29. The first-order valence-corrected chi connectivity index (χ1v) is 10.7. The number of imide groups is 1. The van der Waals surface area contributed by atoms with Gasteiger partial charge >= 0.3 is 11.9 Å². The second kappa shape index (κ2) is 6.36. The van der Waals surface area contributed by atoms with Crippen LogP contribution in [0.4, 0.5) is 5.69 Å². The van der Waals surface area contributed by atoms with Crippen molar-refractivity contribution < 1.29 is 23.9 Å². The predicted octanol–water partition coefficient (Wildman–Crippen LogP) is 5.26. The number of carbonyl (C=O) groups is 4. The summed E-state index contributed by atoms with van der Waals surface area (Å²) < 4.78 is 4.80. The number of fused-ring (bicyclic) bond motifs is 2. The largest absolute Gasteiger partial charge is 0.386 e. The van der Waals surface area contributed by atoms with E-state index >= 15 is 0 Å². The van der Waals surface area contributed by atoms with Crippen LogP contribution in [0.15, 0.2) is 78.9 Å². The summed E-state index contributed by atoms with van der Waals surface area (Å²) in [5, 5.41) is 4.34. The van der Waals surface area contributed by atoms with Gasteiger partial charge in [-0.3, -0.25) is 9.59 Å². The maximum Gasteiger partial charge on any atom is 0.346 e. The minimum atomic E-state index is -0.788. The number of benzene rings is 5. The zero-order valence-corrected chi connectivity index (χ0v) is 17.5. The quantitative estimate of drug-likeness (QED) is 0.153. The lowest BCUT2D eigenvalue weighted by Gasteiger charge is -2.29. The van der Waals surface area contributed by atoms with Crippen molar-refractivity contribution >= 4 is 61.8 Å². The van der Waals surface area contributed by atoms with Gasteiger partial charge in [0.25, 0.3) is 11.8 Å². The fraction of sp³-hybridized carbons (Fsp3) is 0. The van der Waals surface area contributed by atoms with Crippen molar-refractivity contribution in [1.29, 1.82) is 0 Å². The predicted molar refractivity (Wildman–Crippen MR) is 126 cm³/mol. The van der Waals surface area contributed by atoms with Crippen molar-refractivity contribution in [3.8, 4) is 0 Å². The van der Waals surface area contributed by atoms with Crippen LogP contribution in [0.25, 0.3) is 32.3 Å². The zero-order chi connectivity index (χ0) is 23.1. The number of esters is 2.